The van der Waals surface area contributed by atoms with Gasteiger partial charge in [-0.2, -0.15) is 4.98 Å². The Bertz CT molecular complexity index is 1280. The Morgan fingerprint density at radius 3 is 2.81 bits per heavy atom. The van der Waals surface area contributed by atoms with Crippen molar-refractivity contribution in [2.45, 2.75) is 82.3 Å². The second-order valence-corrected chi connectivity index (χ2v) is 10.7. The number of rotatable bonds is 6. The number of hydrogen-bond donors (Lipinski definition) is 1. The van der Waals surface area contributed by atoms with Crippen LogP contribution in [0, 0.1) is 0 Å². The molecule has 3 aliphatic rings. The number of carbonyl (C=O) groups excluding carboxylic acids is 1. The largest absolute Gasteiger partial charge is 0.473 e. The molecular weight excluding hydrogens is 468 g/mol. The average Bonchev–Trinajstić information content (AvgIpc) is 3.53. The van der Waals surface area contributed by atoms with Crippen LogP contribution in [0.5, 0.6) is 5.88 Å². The lowest BCUT2D eigenvalue weighted by molar-refractivity contribution is -0.127. The van der Waals surface area contributed by atoms with Gasteiger partial charge in [-0.3, -0.25) is 9.69 Å². The summed E-state index contributed by atoms with van der Waals surface area (Å²) in [5.74, 6) is 2.96. The standard InChI is InChI=1S/C28H34N6O3/c1-18(20-10-8-16-34(20)2)36-24-17-23(30-22-12-4-6-15-29-22)31-27(32-24)25-19-9-7-14-28(26(19)33-37-25)13-5-3-11-21(28)35/h4,6,12,15,17-18,20H,3,5,7-11,13-14,16H2,1-2H3,(H,29,30,31,32)/t18-,20-,28+/m0/s1. The summed E-state index contributed by atoms with van der Waals surface area (Å²) in [6.45, 7) is 3.17. The number of ketones is 1. The Labute approximate surface area is 217 Å². The molecule has 3 aromatic heterocycles. The summed E-state index contributed by atoms with van der Waals surface area (Å²) in [7, 11) is 2.14. The topological polar surface area (TPSA) is 106 Å². The molecule has 9 nitrogen and oxygen atoms in total. The number of Topliss-reactive ketones (excluding diaryl/α,β-unsaturated/α-hetero) is 1. The highest BCUT2D eigenvalue weighted by molar-refractivity contribution is 5.91. The minimum Gasteiger partial charge on any atom is -0.473 e. The minimum atomic E-state index is -0.516. The molecule has 0 unspecified atom stereocenters. The fourth-order valence-corrected chi connectivity index (χ4v) is 6.40. The molecular formula is C28H34N6O3. The molecule has 0 amide bonds. The van der Waals surface area contributed by atoms with Gasteiger partial charge < -0.3 is 14.6 Å². The van der Waals surface area contributed by atoms with Crippen molar-refractivity contribution in [2.24, 2.45) is 0 Å². The van der Waals surface area contributed by atoms with E-state index in [2.05, 4.69) is 34.3 Å². The lowest BCUT2D eigenvalue weighted by Gasteiger charge is -2.37. The summed E-state index contributed by atoms with van der Waals surface area (Å²) < 4.78 is 12.3. The third-order valence-corrected chi connectivity index (χ3v) is 8.32. The summed E-state index contributed by atoms with van der Waals surface area (Å²) in [5, 5.41) is 7.75. The molecule has 4 heterocycles. The van der Waals surface area contributed by atoms with Gasteiger partial charge in [0.1, 0.15) is 29.2 Å². The van der Waals surface area contributed by atoms with Crippen LogP contribution in [-0.4, -0.2) is 56.5 Å². The molecule has 3 aromatic rings. The number of nitrogens with one attached hydrogen (secondary N) is 1. The summed E-state index contributed by atoms with van der Waals surface area (Å²) in [4.78, 5) is 29.4. The van der Waals surface area contributed by atoms with Gasteiger partial charge in [0.25, 0.3) is 0 Å². The molecule has 3 atom stereocenters. The monoisotopic (exact) mass is 502 g/mol. The molecule has 1 aliphatic heterocycles. The van der Waals surface area contributed by atoms with Gasteiger partial charge in [-0.25, -0.2) is 9.97 Å². The van der Waals surface area contributed by atoms with Crippen molar-refractivity contribution in [3.8, 4) is 17.5 Å². The van der Waals surface area contributed by atoms with Crippen molar-refractivity contribution in [2.75, 3.05) is 18.9 Å². The number of carbonyl (C=O) groups is 1. The Hall–Kier alpha value is -3.33. The van der Waals surface area contributed by atoms with E-state index < -0.39 is 5.41 Å². The smallest absolute Gasteiger partial charge is 0.219 e. The summed E-state index contributed by atoms with van der Waals surface area (Å²) in [6, 6.07) is 7.81. The van der Waals surface area contributed by atoms with Crippen molar-refractivity contribution in [3.63, 3.8) is 0 Å². The van der Waals surface area contributed by atoms with Crippen LogP contribution in [0.15, 0.2) is 35.0 Å². The fourth-order valence-electron chi connectivity index (χ4n) is 6.40. The van der Waals surface area contributed by atoms with E-state index in [9.17, 15) is 4.79 Å². The maximum absolute atomic E-state index is 13.1. The SMILES string of the molecule is C[C@H](Oc1cc(Nc2ccccn2)nc(-c2onc3c2CCC[C@@]32CCCCC2=O)n1)[C@@H]1CCCN1C. The van der Waals surface area contributed by atoms with Crippen LogP contribution in [0.3, 0.4) is 0 Å². The number of ether oxygens (including phenoxy) is 1. The molecule has 1 saturated carbocycles. The molecule has 0 aromatic carbocycles. The van der Waals surface area contributed by atoms with Gasteiger partial charge in [-0.1, -0.05) is 17.6 Å². The van der Waals surface area contributed by atoms with Gasteiger partial charge in [0, 0.05) is 30.3 Å². The van der Waals surface area contributed by atoms with E-state index in [4.69, 9.17) is 19.2 Å². The molecule has 9 heteroatoms. The first-order chi connectivity index (χ1) is 18.0. The quantitative estimate of drug-likeness (QED) is 0.506. The predicted octanol–water partition coefficient (Wildman–Crippen LogP) is 4.85. The van der Waals surface area contributed by atoms with Crippen molar-refractivity contribution in [1.82, 2.24) is 25.0 Å². The molecule has 6 rings (SSSR count). The van der Waals surface area contributed by atoms with Crippen LogP contribution in [0.4, 0.5) is 11.6 Å². The van der Waals surface area contributed by atoms with Gasteiger partial charge in [0.2, 0.25) is 17.5 Å². The average molecular weight is 503 g/mol. The number of anilines is 2. The molecule has 1 N–H and O–H groups in total. The number of likely N-dealkylation sites (tertiary alicyclic amines) is 1. The number of hydrogen-bond acceptors (Lipinski definition) is 9. The van der Waals surface area contributed by atoms with Gasteiger partial charge in [-0.15, -0.1) is 0 Å². The highest BCUT2D eigenvalue weighted by atomic mass is 16.5. The Morgan fingerprint density at radius 2 is 2.03 bits per heavy atom. The van der Waals surface area contributed by atoms with E-state index >= 15 is 0 Å². The molecule has 0 bridgehead atoms. The van der Waals surface area contributed by atoms with E-state index in [1.807, 2.05) is 18.2 Å². The van der Waals surface area contributed by atoms with Crippen LogP contribution in [-0.2, 0) is 16.6 Å². The zero-order valence-electron chi connectivity index (χ0n) is 21.6. The maximum Gasteiger partial charge on any atom is 0.219 e. The summed E-state index contributed by atoms with van der Waals surface area (Å²) >= 11 is 0. The zero-order chi connectivity index (χ0) is 25.4. The van der Waals surface area contributed by atoms with E-state index in [1.165, 1.54) is 6.42 Å². The number of pyridine rings is 1. The Morgan fingerprint density at radius 1 is 1.14 bits per heavy atom. The van der Waals surface area contributed by atoms with Crippen molar-refractivity contribution in [1.29, 1.82) is 0 Å². The van der Waals surface area contributed by atoms with Gasteiger partial charge >= 0.3 is 0 Å². The molecule has 1 spiro atoms. The van der Waals surface area contributed by atoms with Crippen molar-refractivity contribution < 1.29 is 14.1 Å². The number of nitrogens with zero attached hydrogens (tertiary/aromatic N) is 5. The minimum absolute atomic E-state index is 0.0373. The van der Waals surface area contributed by atoms with Gasteiger partial charge in [-0.05, 0) is 77.6 Å². The zero-order valence-corrected chi connectivity index (χ0v) is 21.6. The van der Waals surface area contributed by atoms with Crippen LogP contribution in [0.25, 0.3) is 11.6 Å². The van der Waals surface area contributed by atoms with Crippen LogP contribution in [0.1, 0.15) is 69.5 Å². The number of aromatic nitrogens is 4. The first-order valence-corrected chi connectivity index (χ1v) is 13.5. The lowest BCUT2D eigenvalue weighted by Crippen LogP contribution is -2.41. The van der Waals surface area contributed by atoms with Gasteiger partial charge in [0.15, 0.2) is 0 Å². The van der Waals surface area contributed by atoms with Crippen LogP contribution < -0.4 is 10.1 Å². The van der Waals surface area contributed by atoms with E-state index in [0.717, 1.165) is 62.7 Å². The molecule has 0 radical (unpaired) electrons. The van der Waals surface area contributed by atoms with E-state index in [0.29, 0.717) is 47.3 Å². The normalized spacial score (nSPS) is 24.7. The molecule has 194 valence electrons. The number of likely N-dealkylation sites (N-methyl/N-ethyl adjacent to an activating group) is 1. The van der Waals surface area contributed by atoms with Crippen LogP contribution >= 0.6 is 0 Å². The number of fused-ring (bicyclic) bond motifs is 2. The van der Waals surface area contributed by atoms with Crippen molar-refractivity contribution >= 4 is 17.4 Å². The third kappa shape index (κ3) is 4.50. The second kappa shape index (κ2) is 9.85. The predicted molar refractivity (Wildman–Crippen MR) is 139 cm³/mol. The molecule has 1 saturated heterocycles. The van der Waals surface area contributed by atoms with Crippen molar-refractivity contribution in [3.05, 3.63) is 41.7 Å². The maximum atomic E-state index is 13.1. The lowest BCUT2D eigenvalue weighted by atomic mass is 9.64. The highest BCUT2D eigenvalue weighted by Gasteiger charge is 2.48. The summed E-state index contributed by atoms with van der Waals surface area (Å²) in [5.41, 5.74) is 1.25. The Balaban J connectivity index is 1.38. The Kier molecular flexibility index (Phi) is 6.40. The highest BCUT2D eigenvalue weighted by Crippen LogP contribution is 2.47. The molecule has 2 fully saturated rings. The van der Waals surface area contributed by atoms with E-state index in [1.54, 1.807) is 12.3 Å². The van der Waals surface area contributed by atoms with Gasteiger partial charge in [0.05, 0.1) is 5.41 Å². The molecule has 37 heavy (non-hydrogen) atoms. The second-order valence-electron chi connectivity index (χ2n) is 10.7. The fraction of sp³-hybridized carbons (Fsp3) is 0.536. The molecule has 2 aliphatic carbocycles. The third-order valence-electron chi connectivity index (χ3n) is 8.32. The van der Waals surface area contributed by atoms with Crippen LogP contribution in [0.2, 0.25) is 0 Å². The first kappa shape index (κ1) is 24.0. The first-order valence-electron chi connectivity index (χ1n) is 13.5. The summed E-state index contributed by atoms with van der Waals surface area (Å²) in [6.07, 6.45) is 9.98. The van der Waals surface area contributed by atoms with E-state index in [-0.39, 0.29) is 6.10 Å².